The molecule has 0 rings (SSSR count). The highest BCUT2D eigenvalue weighted by Gasteiger charge is 2.06. The summed E-state index contributed by atoms with van der Waals surface area (Å²) in [6.07, 6.45) is 0. The summed E-state index contributed by atoms with van der Waals surface area (Å²) in [6.45, 7) is 0. The van der Waals surface area contributed by atoms with E-state index in [1.807, 2.05) is 0 Å². The predicted molar refractivity (Wildman–Crippen MR) is 27.0 cm³/mol. The number of thiol groups is 1. The number of ether oxygens (including phenoxy) is 1. The van der Waals surface area contributed by atoms with Crippen LogP contribution in [0.2, 0.25) is 0 Å². The van der Waals surface area contributed by atoms with E-state index >= 15 is 0 Å². The van der Waals surface area contributed by atoms with Gasteiger partial charge in [0.05, 0.1) is 7.11 Å². The minimum Gasteiger partial charge on any atom is -0.466 e. The fraction of sp³-hybridized carbons (Fsp3) is 0.667. The van der Waals surface area contributed by atoms with Gasteiger partial charge in [-0.2, -0.15) is 0 Å². The molecule has 0 aromatic carbocycles. The molecule has 0 aromatic rings. The molecule has 0 spiro atoms. The van der Waals surface area contributed by atoms with Gasteiger partial charge in [-0.3, -0.25) is 0 Å². The van der Waals surface area contributed by atoms with Gasteiger partial charge in [-0.05, 0) is 0 Å². The standard InChI is InChI=1S/C3H6O3S/c1-6-2(4)3(5)7/h3,5,7H,1H3. The molecule has 0 heterocycles. The zero-order valence-corrected chi connectivity index (χ0v) is 4.68. The van der Waals surface area contributed by atoms with Crippen LogP contribution in [0.1, 0.15) is 0 Å². The maximum absolute atomic E-state index is 9.96. The van der Waals surface area contributed by atoms with Crippen LogP contribution in [-0.4, -0.2) is 23.6 Å². The van der Waals surface area contributed by atoms with E-state index in [2.05, 4.69) is 17.4 Å². The van der Waals surface area contributed by atoms with Gasteiger partial charge in [0.15, 0.2) is 5.44 Å². The van der Waals surface area contributed by atoms with Crippen molar-refractivity contribution in [1.29, 1.82) is 0 Å². The van der Waals surface area contributed by atoms with Gasteiger partial charge in [0.1, 0.15) is 0 Å². The highest BCUT2D eigenvalue weighted by Crippen LogP contribution is 1.88. The van der Waals surface area contributed by atoms with Crippen molar-refractivity contribution in [3.8, 4) is 0 Å². The topological polar surface area (TPSA) is 46.5 Å². The Balaban J connectivity index is 3.35. The SMILES string of the molecule is COC(=O)C(O)S. The molecule has 0 fully saturated rings. The number of carbonyl (C=O) groups is 1. The fourth-order valence-electron chi connectivity index (χ4n) is 0.105. The van der Waals surface area contributed by atoms with Gasteiger partial charge in [0, 0.05) is 0 Å². The second kappa shape index (κ2) is 2.87. The van der Waals surface area contributed by atoms with Crippen LogP contribution in [0.15, 0.2) is 0 Å². The van der Waals surface area contributed by atoms with E-state index in [9.17, 15) is 4.79 Å². The Morgan fingerprint density at radius 2 is 2.43 bits per heavy atom. The number of esters is 1. The van der Waals surface area contributed by atoms with E-state index < -0.39 is 11.4 Å². The summed E-state index contributed by atoms with van der Waals surface area (Å²) in [7, 11) is 1.18. The first-order chi connectivity index (χ1) is 3.18. The van der Waals surface area contributed by atoms with E-state index in [0.717, 1.165) is 0 Å². The van der Waals surface area contributed by atoms with Gasteiger partial charge in [0.2, 0.25) is 0 Å². The van der Waals surface area contributed by atoms with Crippen molar-refractivity contribution >= 4 is 18.6 Å². The summed E-state index contributed by atoms with van der Waals surface area (Å²) in [4.78, 5) is 9.96. The van der Waals surface area contributed by atoms with Crippen LogP contribution in [-0.2, 0) is 9.53 Å². The van der Waals surface area contributed by atoms with Crippen LogP contribution in [0.3, 0.4) is 0 Å². The maximum Gasteiger partial charge on any atom is 0.345 e. The molecule has 1 N–H and O–H groups in total. The Hall–Kier alpha value is -0.220. The maximum atomic E-state index is 9.96. The van der Waals surface area contributed by atoms with Gasteiger partial charge in [-0.15, -0.1) is 12.6 Å². The molecule has 0 saturated heterocycles. The first-order valence-corrected chi connectivity index (χ1v) is 2.14. The monoisotopic (exact) mass is 122 g/mol. The van der Waals surface area contributed by atoms with Crippen molar-refractivity contribution in [2.75, 3.05) is 7.11 Å². The van der Waals surface area contributed by atoms with Crippen molar-refractivity contribution < 1.29 is 14.6 Å². The largest absolute Gasteiger partial charge is 0.466 e. The Morgan fingerprint density at radius 1 is 2.00 bits per heavy atom. The lowest BCUT2D eigenvalue weighted by molar-refractivity contribution is -0.145. The molecule has 0 amide bonds. The van der Waals surface area contributed by atoms with Gasteiger partial charge in [-0.1, -0.05) is 0 Å². The molecular formula is C3H6O3S. The third-order valence-corrected chi connectivity index (χ3v) is 0.623. The van der Waals surface area contributed by atoms with Crippen LogP contribution < -0.4 is 0 Å². The lowest BCUT2D eigenvalue weighted by atomic mass is 10.7. The zero-order valence-electron chi connectivity index (χ0n) is 3.79. The van der Waals surface area contributed by atoms with Gasteiger partial charge < -0.3 is 9.84 Å². The average Bonchev–Trinajstić information content (AvgIpc) is 1.65. The summed E-state index contributed by atoms with van der Waals surface area (Å²) < 4.78 is 4.05. The smallest absolute Gasteiger partial charge is 0.345 e. The second-order valence-electron chi connectivity index (χ2n) is 0.897. The number of hydrogen-bond donors (Lipinski definition) is 2. The van der Waals surface area contributed by atoms with Crippen LogP contribution in [0.4, 0.5) is 0 Å². The summed E-state index contributed by atoms with van der Waals surface area (Å²) in [5.41, 5.74) is -1.30. The van der Waals surface area contributed by atoms with E-state index in [0.29, 0.717) is 0 Å². The molecule has 0 aliphatic carbocycles. The van der Waals surface area contributed by atoms with Crippen molar-refractivity contribution in [2.45, 2.75) is 5.44 Å². The summed E-state index contributed by atoms with van der Waals surface area (Å²) in [5, 5.41) is 8.21. The van der Waals surface area contributed by atoms with Crippen LogP contribution >= 0.6 is 12.6 Å². The molecule has 0 aliphatic heterocycles. The number of carbonyl (C=O) groups excluding carboxylic acids is 1. The predicted octanol–water partition coefficient (Wildman–Crippen LogP) is -0.592. The quantitative estimate of drug-likeness (QED) is 0.277. The molecule has 0 radical (unpaired) electrons. The van der Waals surface area contributed by atoms with E-state index in [1.54, 1.807) is 0 Å². The minimum absolute atomic E-state index is 0.733. The highest BCUT2D eigenvalue weighted by molar-refractivity contribution is 7.81. The van der Waals surface area contributed by atoms with E-state index in [-0.39, 0.29) is 0 Å². The van der Waals surface area contributed by atoms with E-state index in [4.69, 9.17) is 5.11 Å². The molecule has 0 aromatic heterocycles. The molecule has 0 bridgehead atoms. The first kappa shape index (κ1) is 6.78. The molecule has 1 unspecified atom stereocenters. The Morgan fingerprint density at radius 3 is 2.43 bits per heavy atom. The normalized spacial score (nSPS) is 13.0. The van der Waals surface area contributed by atoms with Crippen molar-refractivity contribution in [1.82, 2.24) is 0 Å². The highest BCUT2D eigenvalue weighted by atomic mass is 32.1. The molecule has 1 atom stereocenters. The summed E-state index contributed by atoms with van der Waals surface area (Å²) in [5.74, 6) is -0.733. The molecule has 0 saturated carbocycles. The fourth-order valence-corrected chi connectivity index (χ4v) is 0.211. The minimum atomic E-state index is -1.30. The first-order valence-electron chi connectivity index (χ1n) is 1.62. The number of rotatable bonds is 1. The zero-order chi connectivity index (χ0) is 5.86. The molecule has 7 heavy (non-hydrogen) atoms. The lowest BCUT2D eigenvalue weighted by Gasteiger charge is -1.96. The average molecular weight is 122 g/mol. The summed E-state index contributed by atoms with van der Waals surface area (Å²) >= 11 is 3.35. The molecule has 4 heteroatoms. The van der Waals surface area contributed by atoms with Crippen molar-refractivity contribution in [2.24, 2.45) is 0 Å². The van der Waals surface area contributed by atoms with Gasteiger partial charge in [-0.25, -0.2) is 4.79 Å². The second-order valence-corrected chi connectivity index (χ2v) is 1.39. The number of aliphatic hydroxyl groups excluding tert-OH is 1. The third-order valence-electron chi connectivity index (χ3n) is 0.412. The van der Waals surface area contributed by atoms with Crippen LogP contribution in [0.5, 0.6) is 0 Å². The van der Waals surface area contributed by atoms with Crippen LogP contribution in [0, 0.1) is 0 Å². The number of hydrogen-bond acceptors (Lipinski definition) is 4. The molecule has 0 aliphatic rings. The van der Waals surface area contributed by atoms with Crippen LogP contribution in [0.25, 0.3) is 0 Å². The third kappa shape index (κ3) is 2.47. The Labute approximate surface area is 46.7 Å². The van der Waals surface area contributed by atoms with Gasteiger partial charge in [0.25, 0.3) is 0 Å². The molecule has 3 nitrogen and oxygen atoms in total. The number of methoxy groups -OCH3 is 1. The van der Waals surface area contributed by atoms with Gasteiger partial charge >= 0.3 is 5.97 Å². The Bertz CT molecular complexity index is 70.6. The number of aliphatic hydroxyl groups is 1. The van der Waals surface area contributed by atoms with Crippen molar-refractivity contribution in [3.05, 3.63) is 0 Å². The lowest BCUT2D eigenvalue weighted by Crippen LogP contribution is -2.14. The Kier molecular flexibility index (Phi) is 2.78. The molecule has 42 valence electrons. The van der Waals surface area contributed by atoms with E-state index in [1.165, 1.54) is 7.11 Å². The summed E-state index contributed by atoms with van der Waals surface area (Å²) in [6, 6.07) is 0. The molecular weight excluding hydrogens is 116 g/mol. The van der Waals surface area contributed by atoms with Crippen molar-refractivity contribution in [3.63, 3.8) is 0 Å².